The molecule has 22 heavy (non-hydrogen) atoms. The molecule has 0 aliphatic rings. The first-order valence-corrected chi connectivity index (χ1v) is 6.76. The van der Waals surface area contributed by atoms with Gasteiger partial charge in [-0.2, -0.15) is 0 Å². The molecule has 2 aromatic heterocycles. The van der Waals surface area contributed by atoms with Crippen LogP contribution in [0.4, 0.5) is 8.78 Å². The van der Waals surface area contributed by atoms with Crippen molar-refractivity contribution in [2.45, 2.75) is 12.8 Å². The number of alkyl halides is 2. The second kappa shape index (κ2) is 8.42. The van der Waals surface area contributed by atoms with Gasteiger partial charge in [0.25, 0.3) is 11.8 Å². The Kier molecular flexibility index (Phi) is 7.96. The number of amides is 1. The summed E-state index contributed by atoms with van der Waals surface area (Å²) in [5, 5.41) is 4.92. The van der Waals surface area contributed by atoms with Gasteiger partial charge in [0.2, 0.25) is 0 Å². The van der Waals surface area contributed by atoms with Crippen LogP contribution in [0.3, 0.4) is 0 Å². The lowest BCUT2D eigenvalue weighted by Gasteiger charge is -2.13. The van der Waals surface area contributed by atoms with Crippen LogP contribution in [0.15, 0.2) is 17.6 Å². The molecule has 5 nitrogen and oxygen atoms in total. The van der Waals surface area contributed by atoms with Crippen molar-refractivity contribution in [3.63, 3.8) is 0 Å². The minimum atomic E-state index is -3.10. The van der Waals surface area contributed by atoms with Gasteiger partial charge in [0.05, 0.1) is 23.8 Å². The highest BCUT2D eigenvalue weighted by molar-refractivity contribution is 7.09. The summed E-state index contributed by atoms with van der Waals surface area (Å²) in [5.74, 6) is -3.70. The number of hydrogen-bond donors (Lipinski definition) is 3. The summed E-state index contributed by atoms with van der Waals surface area (Å²) in [6.07, 6.45) is 1.62. The summed E-state index contributed by atoms with van der Waals surface area (Å²) in [7, 11) is 0. The summed E-state index contributed by atoms with van der Waals surface area (Å²) >= 11 is 1.49. The van der Waals surface area contributed by atoms with Crippen molar-refractivity contribution in [1.82, 2.24) is 15.3 Å². The van der Waals surface area contributed by atoms with Gasteiger partial charge >= 0.3 is 0 Å². The van der Waals surface area contributed by atoms with E-state index in [1.807, 2.05) is 12.3 Å². The predicted molar refractivity (Wildman–Crippen MR) is 87.5 cm³/mol. The second-order valence-corrected chi connectivity index (χ2v) is 5.36. The highest BCUT2D eigenvalue weighted by atomic mass is 35.5. The number of aromatic amines is 1. The van der Waals surface area contributed by atoms with Crippen LogP contribution in [0.2, 0.25) is 0 Å². The van der Waals surface area contributed by atoms with Crippen molar-refractivity contribution in [2.75, 3.05) is 13.1 Å². The molecule has 0 saturated heterocycles. The number of nitrogens with one attached hydrogen (secondary N) is 2. The highest BCUT2D eigenvalue weighted by Crippen LogP contribution is 2.22. The molecular formula is C12H16Cl2F2N4OS. The average molecular weight is 373 g/mol. The first kappa shape index (κ1) is 20.8. The van der Waals surface area contributed by atoms with E-state index in [1.165, 1.54) is 11.3 Å². The van der Waals surface area contributed by atoms with Gasteiger partial charge in [-0.3, -0.25) is 4.79 Å². The van der Waals surface area contributed by atoms with Gasteiger partial charge in [0.1, 0.15) is 5.69 Å². The standard InChI is InChI=1S/C12H14F2N4OS.2ClH/c1-7-18-10(4-20-7)8-2-9(16-3-8)11(19)17-6-12(13,14)5-15;;/h2-4,16H,5-6,15H2,1H3,(H,17,19);2*1H. The van der Waals surface area contributed by atoms with Crippen LogP contribution in [0, 0.1) is 6.92 Å². The molecule has 0 spiro atoms. The smallest absolute Gasteiger partial charge is 0.277 e. The molecule has 2 heterocycles. The molecule has 10 heteroatoms. The molecule has 0 aliphatic heterocycles. The first-order valence-electron chi connectivity index (χ1n) is 5.88. The fourth-order valence-corrected chi connectivity index (χ4v) is 2.17. The number of aryl methyl sites for hydroxylation is 1. The number of H-pyrrole nitrogens is 1. The van der Waals surface area contributed by atoms with Gasteiger partial charge in [0, 0.05) is 17.1 Å². The molecule has 1 amide bonds. The number of nitrogens with two attached hydrogens (primary N) is 1. The Morgan fingerprint density at radius 1 is 1.50 bits per heavy atom. The zero-order chi connectivity index (χ0) is 14.8. The molecule has 0 saturated carbocycles. The van der Waals surface area contributed by atoms with Crippen LogP contribution >= 0.6 is 36.2 Å². The number of carbonyl (C=O) groups excluding carboxylic acids is 1. The molecule has 124 valence electrons. The molecule has 2 rings (SSSR count). The zero-order valence-electron chi connectivity index (χ0n) is 11.6. The van der Waals surface area contributed by atoms with E-state index in [0.29, 0.717) is 0 Å². The molecule has 2 aromatic rings. The third kappa shape index (κ3) is 5.20. The maximum absolute atomic E-state index is 12.9. The maximum atomic E-state index is 12.9. The Morgan fingerprint density at radius 3 is 2.73 bits per heavy atom. The zero-order valence-corrected chi connectivity index (χ0v) is 14.0. The summed E-state index contributed by atoms with van der Waals surface area (Å²) in [5.41, 5.74) is 6.59. The molecule has 0 bridgehead atoms. The summed E-state index contributed by atoms with van der Waals surface area (Å²) in [6, 6.07) is 1.57. The average Bonchev–Trinajstić information content (AvgIpc) is 3.04. The molecule has 0 aliphatic carbocycles. The third-order valence-electron chi connectivity index (χ3n) is 2.65. The number of thiazole rings is 1. The van der Waals surface area contributed by atoms with E-state index in [-0.39, 0.29) is 30.5 Å². The van der Waals surface area contributed by atoms with Gasteiger partial charge in [-0.05, 0) is 13.0 Å². The Morgan fingerprint density at radius 2 is 2.18 bits per heavy atom. The SMILES string of the molecule is Cc1nc(-c2c[nH]c(C(=O)NCC(F)(F)CN)c2)cs1.Cl.Cl. The van der Waals surface area contributed by atoms with E-state index in [9.17, 15) is 13.6 Å². The quantitative estimate of drug-likeness (QED) is 0.753. The van der Waals surface area contributed by atoms with Gasteiger partial charge in [0.15, 0.2) is 0 Å². The first-order chi connectivity index (χ1) is 9.41. The van der Waals surface area contributed by atoms with Crippen molar-refractivity contribution in [3.05, 3.63) is 28.3 Å². The molecule has 0 fully saturated rings. The normalized spacial score (nSPS) is 10.5. The Hall–Kier alpha value is -1.22. The minimum Gasteiger partial charge on any atom is -0.357 e. The van der Waals surface area contributed by atoms with Crippen LogP contribution in [-0.4, -0.2) is 34.9 Å². The molecule has 0 atom stereocenters. The lowest BCUT2D eigenvalue weighted by atomic mass is 10.2. The van der Waals surface area contributed by atoms with E-state index < -0.39 is 24.9 Å². The fraction of sp³-hybridized carbons (Fsp3) is 0.333. The lowest BCUT2D eigenvalue weighted by molar-refractivity contribution is 0.0118. The van der Waals surface area contributed by atoms with E-state index in [1.54, 1.807) is 12.3 Å². The Labute approximate surface area is 142 Å². The maximum Gasteiger partial charge on any atom is 0.277 e. The van der Waals surface area contributed by atoms with Crippen LogP contribution in [0.5, 0.6) is 0 Å². The number of nitrogens with zero attached hydrogens (tertiary/aromatic N) is 1. The second-order valence-electron chi connectivity index (χ2n) is 4.30. The summed E-state index contributed by atoms with van der Waals surface area (Å²) in [6.45, 7) is 0.289. The van der Waals surface area contributed by atoms with Gasteiger partial charge in [-0.25, -0.2) is 13.8 Å². The summed E-state index contributed by atoms with van der Waals surface area (Å²) in [4.78, 5) is 18.7. The molecule has 0 aromatic carbocycles. The monoisotopic (exact) mass is 372 g/mol. The number of carbonyl (C=O) groups is 1. The number of halogens is 4. The van der Waals surface area contributed by atoms with E-state index in [2.05, 4.69) is 15.3 Å². The largest absolute Gasteiger partial charge is 0.357 e. The molecule has 0 radical (unpaired) electrons. The van der Waals surface area contributed by atoms with E-state index >= 15 is 0 Å². The third-order valence-corrected chi connectivity index (χ3v) is 3.42. The fourth-order valence-electron chi connectivity index (χ4n) is 1.55. The lowest BCUT2D eigenvalue weighted by Crippen LogP contribution is -2.41. The van der Waals surface area contributed by atoms with Crippen molar-refractivity contribution in [2.24, 2.45) is 5.73 Å². The van der Waals surface area contributed by atoms with Gasteiger partial charge in [-0.15, -0.1) is 36.2 Å². The molecular weight excluding hydrogens is 357 g/mol. The minimum absolute atomic E-state index is 0. The number of rotatable bonds is 5. The topological polar surface area (TPSA) is 83.8 Å². The van der Waals surface area contributed by atoms with Gasteiger partial charge in [-0.1, -0.05) is 0 Å². The Bertz CT molecular complexity index is 618. The highest BCUT2D eigenvalue weighted by Gasteiger charge is 2.27. The van der Waals surface area contributed by atoms with Crippen LogP contribution in [0.1, 0.15) is 15.5 Å². The van der Waals surface area contributed by atoms with Crippen LogP contribution < -0.4 is 11.1 Å². The Balaban J connectivity index is 0.00000220. The van der Waals surface area contributed by atoms with Crippen LogP contribution in [-0.2, 0) is 0 Å². The number of aromatic nitrogens is 2. The van der Waals surface area contributed by atoms with E-state index in [4.69, 9.17) is 5.73 Å². The van der Waals surface area contributed by atoms with Gasteiger partial charge < -0.3 is 16.0 Å². The summed E-state index contributed by atoms with van der Waals surface area (Å²) < 4.78 is 25.9. The van der Waals surface area contributed by atoms with Crippen LogP contribution in [0.25, 0.3) is 11.3 Å². The number of hydrogen-bond acceptors (Lipinski definition) is 4. The van der Waals surface area contributed by atoms with Crippen molar-refractivity contribution in [1.29, 1.82) is 0 Å². The predicted octanol–water partition coefficient (Wildman–Crippen LogP) is 2.61. The van der Waals surface area contributed by atoms with E-state index in [0.717, 1.165) is 16.3 Å². The molecule has 0 unspecified atom stereocenters. The molecule has 4 N–H and O–H groups in total. The van der Waals surface area contributed by atoms with Crippen molar-refractivity contribution < 1.29 is 13.6 Å². The van der Waals surface area contributed by atoms with Crippen molar-refractivity contribution in [3.8, 4) is 11.3 Å². The van der Waals surface area contributed by atoms with Crippen molar-refractivity contribution >= 4 is 42.1 Å².